The molecule has 1 aliphatic heterocycles. The summed E-state index contributed by atoms with van der Waals surface area (Å²) in [6.07, 6.45) is 5.46. The van der Waals surface area contributed by atoms with Crippen LogP contribution in [0.2, 0.25) is 0 Å². The van der Waals surface area contributed by atoms with Crippen LogP contribution in [-0.2, 0) is 15.8 Å². The lowest BCUT2D eigenvalue weighted by Crippen LogP contribution is -2.38. The lowest BCUT2D eigenvalue weighted by atomic mass is 10.0. The highest BCUT2D eigenvalue weighted by Gasteiger charge is 2.23. The van der Waals surface area contributed by atoms with Gasteiger partial charge in [0.2, 0.25) is 21.9 Å². The molecule has 1 aliphatic rings. The number of nitrogens with zero attached hydrogens (tertiary/aromatic N) is 4. The first-order valence-corrected chi connectivity index (χ1v) is 15.0. The second kappa shape index (κ2) is 11.8. The molecule has 5 rings (SSSR count). The van der Waals surface area contributed by atoms with E-state index in [4.69, 9.17) is 9.72 Å². The molecule has 2 aromatic carbocycles. The quantitative estimate of drug-likeness (QED) is 0.296. The first kappa shape index (κ1) is 27.9. The number of ether oxygens (including phenoxy) is 1. The van der Waals surface area contributed by atoms with Gasteiger partial charge in [0, 0.05) is 49.5 Å². The fourth-order valence-corrected chi connectivity index (χ4v) is 6.07. The van der Waals surface area contributed by atoms with Crippen molar-refractivity contribution < 1.29 is 17.5 Å². The minimum absolute atomic E-state index is 0.104. The summed E-state index contributed by atoms with van der Waals surface area (Å²) >= 11 is 0. The Bertz CT molecular complexity index is 1630. The summed E-state index contributed by atoms with van der Waals surface area (Å²) in [5, 5.41) is 7.85. The molecule has 11 heteroatoms. The van der Waals surface area contributed by atoms with Gasteiger partial charge in [0.05, 0.1) is 17.0 Å². The molecular weight excluding hydrogens is 531 g/mol. The molecule has 0 spiro atoms. The number of nitrogens with one attached hydrogen (secondary N) is 2. The Balaban J connectivity index is 1.51. The van der Waals surface area contributed by atoms with Gasteiger partial charge in [-0.2, -0.15) is 0 Å². The number of sulfonamides is 1. The van der Waals surface area contributed by atoms with E-state index in [-0.39, 0.29) is 11.6 Å². The molecule has 0 radical (unpaired) electrons. The molecule has 1 atom stereocenters. The molecule has 1 fully saturated rings. The number of pyridine rings is 1. The van der Waals surface area contributed by atoms with Gasteiger partial charge in [0.25, 0.3) is 0 Å². The summed E-state index contributed by atoms with van der Waals surface area (Å²) in [7, 11) is -2.21. The van der Waals surface area contributed by atoms with E-state index in [1.54, 1.807) is 49.6 Å². The van der Waals surface area contributed by atoms with Gasteiger partial charge in [-0.25, -0.2) is 32.1 Å². The number of hydrogen-bond donors (Lipinski definition) is 2. The highest BCUT2D eigenvalue weighted by atomic mass is 32.2. The van der Waals surface area contributed by atoms with Crippen molar-refractivity contribution in [3.8, 4) is 22.9 Å². The van der Waals surface area contributed by atoms with E-state index in [0.29, 0.717) is 46.2 Å². The number of halogens is 1. The molecule has 4 aromatic rings. The van der Waals surface area contributed by atoms with Crippen LogP contribution >= 0.6 is 0 Å². The van der Waals surface area contributed by atoms with E-state index in [1.807, 2.05) is 13.0 Å². The van der Waals surface area contributed by atoms with Crippen LogP contribution in [0.5, 0.6) is 11.6 Å². The van der Waals surface area contributed by atoms with Crippen molar-refractivity contribution in [2.24, 2.45) is 0 Å². The Labute approximate surface area is 233 Å². The third-order valence-electron chi connectivity index (χ3n) is 7.18. The highest BCUT2D eigenvalue weighted by Crippen LogP contribution is 2.38. The summed E-state index contributed by atoms with van der Waals surface area (Å²) in [6.45, 7) is 5.78. The van der Waals surface area contributed by atoms with Gasteiger partial charge in [-0.05, 0) is 67.6 Å². The molecule has 3 heterocycles. The average Bonchev–Trinajstić information content (AvgIpc) is 2.96. The number of piperidine rings is 1. The molecule has 1 saturated heterocycles. The Kier molecular flexibility index (Phi) is 8.24. The van der Waals surface area contributed by atoms with Gasteiger partial charge in [-0.1, -0.05) is 19.1 Å². The Morgan fingerprint density at radius 2 is 1.95 bits per heavy atom. The van der Waals surface area contributed by atoms with Crippen LogP contribution in [0.25, 0.3) is 22.0 Å². The minimum Gasteiger partial charge on any atom is -0.437 e. The molecule has 2 N–H and O–H groups in total. The molecule has 0 aliphatic carbocycles. The van der Waals surface area contributed by atoms with Crippen molar-refractivity contribution in [3.63, 3.8) is 0 Å². The van der Waals surface area contributed by atoms with E-state index in [0.717, 1.165) is 31.5 Å². The third-order valence-corrected chi connectivity index (χ3v) is 9.04. The molecule has 0 unspecified atom stereocenters. The standard InChI is InChI=1S/C29H33FN6O3S/c1-4-36(3)40(37,38)18-24-21-10-9-19(2)27(22(21)11-12-25(24)30)39-28-23(8-6-15-32-28)26-13-16-33-29(35-26)34-20-7-5-14-31-17-20/h6,8-13,15-16,20,31H,4-5,7,14,17-18H2,1-3H3,(H,33,34,35)/t20-/m0/s1. The number of anilines is 1. The second-order valence-corrected chi connectivity index (χ2v) is 12.0. The van der Waals surface area contributed by atoms with Crippen molar-refractivity contribution in [3.05, 3.63) is 71.8 Å². The van der Waals surface area contributed by atoms with E-state index in [9.17, 15) is 8.42 Å². The summed E-state index contributed by atoms with van der Waals surface area (Å²) < 4.78 is 48.3. The molecule has 9 nitrogen and oxygen atoms in total. The fraction of sp³-hybridized carbons (Fsp3) is 0.345. The Morgan fingerprint density at radius 3 is 2.73 bits per heavy atom. The molecule has 2 aromatic heterocycles. The van der Waals surface area contributed by atoms with Crippen LogP contribution < -0.4 is 15.4 Å². The highest BCUT2D eigenvalue weighted by molar-refractivity contribution is 7.88. The molecular formula is C29H33FN6O3S. The number of rotatable bonds is 9. The summed E-state index contributed by atoms with van der Waals surface area (Å²) in [6, 6.07) is 12.2. The maximum Gasteiger partial charge on any atom is 0.228 e. The zero-order valence-electron chi connectivity index (χ0n) is 22.8. The lowest BCUT2D eigenvalue weighted by molar-refractivity contribution is 0.466. The van der Waals surface area contributed by atoms with Crippen molar-refractivity contribution in [1.29, 1.82) is 0 Å². The maximum atomic E-state index is 15.0. The Hall–Kier alpha value is -3.67. The van der Waals surface area contributed by atoms with Gasteiger partial charge in [0.15, 0.2) is 0 Å². The van der Waals surface area contributed by atoms with Gasteiger partial charge in [0.1, 0.15) is 11.6 Å². The molecule has 0 amide bonds. The van der Waals surface area contributed by atoms with Crippen LogP contribution in [0, 0.1) is 12.7 Å². The fourth-order valence-electron chi connectivity index (χ4n) is 4.79. The van der Waals surface area contributed by atoms with Gasteiger partial charge >= 0.3 is 0 Å². The lowest BCUT2D eigenvalue weighted by Gasteiger charge is -2.23. The van der Waals surface area contributed by atoms with E-state index in [2.05, 4.69) is 20.6 Å². The summed E-state index contributed by atoms with van der Waals surface area (Å²) in [5.74, 6) is 0.293. The zero-order valence-corrected chi connectivity index (χ0v) is 23.6. The van der Waals surface area contributed by atoms with Crippen LogP contribution in [0.4, 0.5) is 10.3 Å². The van der Waals surface area contributed by atoms with Crippen LogP contribution in [0.3, 0.4) is 0 Å². The topological polar surface area (TPSA) is 109 Å². The van der Waals surface area contributed by atoms with Crippen molar-refractivity contribution in [2.75, 3.05) is 32.0 Å². The monoisotopic (exact) mass is 564 g/mol. The van der Waals surface area contributed by atoms with E-state index < -0.39 is 21.6 Å². The summed E-state index contributed by atoms with van der Waals surface area (Å²) in [5.41, 5.74) is 2.21. The number of benzene rings is 2. The van der Waals surface area contributed by atoms with Crippen LogP contribution in [-0.4, -0.2) is 60.4 Å². The van der Waals surface area contributed by atoms with Crippen molar-refractivity contribution >= 4 is 26.7 Å². The van der Waals surface area contributed by atoms with Crippen LogP contribution in [0.15, 0.2) is 54.9 Å². The number of aryl methyl sites for hydroxylation is 1. The zero-order chi connectivity index (χ0) is 28.3. The normalized spacial score (nSPS) is 15.9. The van der Waals surface area contributed by atoms with Gasteiger partial charge in [-0.3, -0.25) is 0 Å². The molecule has 0 saturated carbocycles. The molecule has 210 valence electrons. The molecule has 0 bridgehead atoms. The van der Waals surface area contributed by atoms with Gasteiger partial charge < -0.3 is 15.4 Å². The van der Waals surface area contributed by atoms with E-state index >= 15 is 4.39 Å². The van der Waals surface area contributed by atoms with Crippen molar-refractivity contribution in [1.82, 2.24) is 24.6 Å². The average molecular weight is 565 g/mol. The Morgan fingerprint density at radius 1 is 1.12 bits per heavy atom. The smallest absolute Gasteiger partial charge is 0.228 e. The minimum atomic E-state index is -3.70. The predicted octanol–water partition coefficient (Wildman–Crippen LogP) is 4.88. The van der Waals surface area contributed by atoms with Crippen LogP contribution in [0.1, 0.15) is 30.9 Å². The first-order valence-electron chi connectivity index (χ1n) is 13.3. The predicted molar refractivity (Wildman–Crippen MR) is 154 cm³/mol. The molecule has 40 heavy (non-hydrogen) atoms. The first-order chi connectivity index (χ1) is 19.3. The third kappa shape index (κ3) is 5.91. The number of hydrogen-bond acceptors (Lipinski definition) is 8. The SMILES string of the molecule is CCN(C)S(=O)(=O)Cc1c(F)ccc2c(Oc3ncccc3-c3ccnc(N[C@H]4CCCNC4)n3)c(C)ccc12. The number of fused-ring (bicyclic) bond motifs is 1. The van der Waals surface area contributed by atoms with Gasteiger partial charge in [-0.15, -0.1) is 0 Å². The summed E-state index contributed by atoms with van der Waals surface area (Å²) in [4.78, 5) is 13.6. The second-order valence-electron chi connectivity index (χ2n) is 9.91. The largest absolute Gasteiger partial charge is 0.437 e. The van der Waals surface area contributed by atoms with Crippen molar-refractivity contribution in [2.45, 2.75) is 38.5 Å². The number of aromatic nitrogens is 3. The maximum absolute atomic E-state index is 15.0. The van der Waals surface area contributed by atoms with E-state index in [1.165, 1.54) is 17.4 Å².